The highest BCUT2D eigenvalue weighted by molar-refractivity contribution is 7.89. The molecular weight excluding hydrogens is 304 g/mol. The molecule has 2 N–H and O–H groups in total. The number of carbonyl (C=O) groups is 1. The van der Waals surface area contributed by atoms with Gasteiger partial charge in [-0.25, -0.2) is 21.9 Å². The molecule has 0 aliphatic heterocycles. The minimum atomic E-state index is -4.19. The van der Waals surface area contributed by atoms with Gasteiger partial charge in [0.25, 0.3) is 0 Å². The van der Waals surface area contributed by atoms with Crippen molar-refractivity contribution in [1.82, 2.24) is 4.72 Å². The van der Waals surface area contributed by atoms with Gasteiger partial charge in [-0.2, -0.15) is 0 Å². The normalized spacial score (nSPS) is 12.4. The van der Waals surface area contributed by atoms with Crippen LogP contribution in [-0.4, -0.2) is 26.0 Å². The molecule has 0 aliphatic carbocycles. The van der Waals surface area contributed by atoms with Crippen LogP contribution in [0.2, 0.25) is 0 Å². The Morgan fingerprint density at radius 3 is 2.05 bits per heavy atom. The first-order chi connectivity index (χ1) is 9.66. The van der Waals surface area contributed by atoms with Crippen LogP contribution in [0.1, 0.15) is 26.7 Å². The monoisotopic (exact) mass is 321 g/mol. The largest absolute Gasteiger partial charge is 0.481 e. The van der Waals surface area contributed by atoms with Crippen LogP contribution < -0.4 is 4.72 Å². The van der Waals surface area contributed by atoms with Crippen molar-refractivity contribution in [2.45, 2.75) is 31.6 Å². The van der Waals surface area contributed by atoms with Gasteiger partial charge in [-0.05, 0) is 25.0 Å². The maximum absolute atomic E-state index is 13.1. The minimum Gasteiger partial charge on any atom is -0.481 e. The van der Waals surface area contributed by atoms with Gasteiger partial charge in [-0.15, -0.1) is 0 Å². The van der Waals surface area contributed by atoms with Crippen LogP contribution >= 0.6 is 0 Å². The molecule has 118 valence electrons. The van der Waals surface area contributed by atoms with Gasteiger partial charge in [-0.1, -0.05) is 13.8 Å². The number of benzene rings is 1. The van der Waals surface area contributed by atoms with Crippen LogP contribution in [0.25, 0.3) is 0 Å². The predicted molar refractivity (Wildman–Crippen MR) is 72.2 cm³/mol. The molecule has 0 atom stereocenters. The molecule has 1 rings (SSSR count). The highest BCUT2D eigenvalue weighted by Gasteiger charge is 2.36. The molecule has 1 aromatic rings. The number of nitrogens with one attached hydrogen (secondary N) is 1. The van der Waals surface area contributed by atoms with Crippen LogP contribution in [-0.2, 0) is 14.8 Å². The number of hydrogen-bond acceptors (Lipinski definition) is 3. The van der Waals surface area contributed by atoms with E-state index < -0.39 is 37.9 Å². The van der Waals surface area contributed by atoms with Crippen molar-refractivity contribution in [2.24, 2.45) is 5.41 Å². The van der Waals surface area contributed by atoms with Crippen LogP contribution in [0.15, 0.2) is 23.1 Å². The van der Waals surface area contributed by atoms with E-state index in [1.165, 1.54) is 0 Å². The second-order valence-electron chi connectivity index (χ2n) is 4.72. The first-order valence-corrected chi connectivity index (χ1v) is 7.84. The third-order valence-electron chi connectivity index (χ3n) is 3.55. The zero-order valence-electron chi connectivity index (χ0n) is 11.7. The molecule has 21 heavy (non-hydrogen) atoms. The molecule has 0 saturated heterocycles. The molecular formula is C13H17F2NO4S. The summed E-state index contributed by atoms with van der Waals surface area (Å²) in [4.78, 5) is 10.7. The van der Waals surface area contributed by atoms with Crippen LogP contribution in [0.5, 0.6) is 0 Å². The van der Waals surface area contributed by atoms with Crippen LogP contribution in [0.4, 0.5) is 8.78 Å². The van der Waals surface area contributed by atoms with E-state index >= 15 is 0 Å². The summed E-state index contributed by atoms with van der Waals surface area (Å²) < 4.78 is 52.2. The summed E-state index contributed by atoms with van der Waals surface area (Å²) in [5, 5.41) is 9.22. The zero-order chi connectivity index (χ0) is 16.3. The lowest BCUT2D eigenvalue weighted by molar-refractivity contribution is -0.149. The van der Waals surface area contributed by atoms with Gasteiger partial charge in [0.2, 0.25) is 10.0 Å². The molecule has 0 bridgehead atoms. The van der Waals surface area contributed by atoms with Gasteiger partial charge in [0.15, 0.2) is 0 Å². The Morgan fingerprint density at radius 1 is 1.19 bits per heavy atom. The summed E-state index contributed by atoms with van der Waals surface area (Å²) in [5.41, 5.74) is -1.25. The molecule has 0 fully saturated rings. The Bertz CT molecular complexity index is 607. The van der Waals surface area contributed by atoms with Crippen molar-refractivity contribution in [3.8, 4) is 0 Å². The zero-order valence-corrected chi connectivity index (χ0v) is 12.5. The number of halogens is 2. The molecule has 0 spiro atoms. The molecule has 0 amide bonds. The van der Waals surface area contributed by atoms with E-state index in [1.807, 2.05) is 0 Å². The van der Waals surface area contributed by atoms with Crippen molar-refractivity contribution >= 4 is 16.0 Å². The molecule has 0 aromatic heterocycles. The van der Waals surface area contributed by atoms with Gasteiger partial charge >= 0.3 is 5.97 Å². The molecule has 8 heteroatoms. The van der Waals surface area contributed by atoms with E-state index in [4.69, 9.17) is 0 Å². The van der Waals surface area contributed by atoms with Gasteiger partial charge < -0.3 is 5.11 Å². The molecule has 0 radical (unpaired) electrons. The summed E-state index contributed by atoms with van der Waals surface area (Å²) in [6, 6.07) is 1.90. The average molecular weight is 321 g/mol. The Labute approximate surface area is 122 Å². The van der Waals surface area contributed by atoms with Gasteiger partial charge in [0.1, 0.15) is 11.6 Å². The SMILES string of the molecule is CCC(CC)(CNS(=O)(=O)c1cc(F)cc(F)c1)C(=O)O. The molecule has 0 unspecified atom stereocenters. The molecule has 5 nitrogen and oxygen atoms in total. The van der Waals surface area contributed by atoms with Crippen LogP contribution in [0, 0.1) is 17.0 Å². The fraction of sp³-hybridized carbons (Fsp3) is 0.462. The quantitative estimate of drug-likeness (QED) is 0.806. The van der Waals surface area contributed by atoms with E-state index in [-0.39, 0.29) is 19.4 Å². The van der Waals surface area contributed by atoms with Crippen molar-refractivity contribution in [1.29, 1.82) is 0 Å². The molecule has 0 saturated carbocycles. The fourth-order valence-corrected chi connectivity index (χ4v) is 3.05. The molecule has 1 aromatic carbocycles. The summed E-state index contributed by atoms with van der Waals surface area (Å²) in [6.07, 6.45) is 0.442. The van der Waals surface area contributed by atoms with Crippen molar-refractivity contribution in [3.63, 3.8) is 0 Å². The third kappa shape index (κ3) is 3.98. The highest BCUT2D eigenvalue weighted by atomic mass is 32.2. The minimum absolute atomic E-state index is 0.221. The number of aliphatic carboxylic acids is 1. The van der Waals surface area contributed by atoms with Crippen molar-refractivity contribution in [3.05, 3.63) is 29.8 Å². The number of carboxylic acids is 1. The maximum Gasteiger partial charge on any atom is 0.310 e. The topological polar surface area (TPSA) is 83.5 Å². The lowest BCUT2D eigenvalue weighted by Crippen LogP contribution is -2.42. The maximum atomic E-state index is 13.1. The Kier molecular flexibility index (Phi) is 5.41. The smallest absolute Gasteiger partial charge is 0.310 e. The molecule has 0 aliphatic rings. The predicted octanol–water partition coefficient (Wildman–Crippen LogP) is 2.13. The van der Waals surface area contributed by atoms with E-state index in [0.717, 1.165) is 0 Å². The second kappa shape index (κ2) is 6.48. The van der Waals surface area contributed by atoms with E-state index in [9.17, 15) is 27.1 Å². The standard InChI is InChI=1S/C13H17F2NO4S/c1-3-13(4-2,12(17)18)8-16-21(19,20)11-6-9(14)5-10(15)7-11/h5-7,16H,3-4,8H2,1-2H3,(H,17,18). The van der Waals surface area contributed by atoms with E-state index in [2.05, 4.69) is 4.72 Å². The number of hydrogen-bond donors (Lipinski definition) is 2. The summed E-state index contributed by atoms with van der Waals surface area (Å²) >= 11 is 0. The fourth-order valence-electron chi connectivity index (χ4n) is 1.88. The lowest BCUT2D eigenvalue weighted by atomic mass is 9.83. The van der Waals surface area contributed by atoms with E-state index in [0.29, 0.717) is 18.2 Å². The highest BCUT2D eigenvalue weighted by Crippen LogP contribution is 2.26. The number of sulfonamides is 1. The van der Waals surface area contributed by atoms with Gasteiger partial charge in [-0.3, -0.25) is 4.79 Å². The van der Waals surface area contributed by atoms with Gasteiger partial charge in [0.05, 0.1) is 10.3 Å². The number of rotatable bonds is 7. The first-order valence-electron chi connectivity index (χ1n) is 6.36. The Balaban J connectivity index is 3.03. The summed E-state index contributed by atoms with van der Waals surface area (Å²) in [7, 11) is -4.19. The Hall–Kier alpha value is -1.54. The van der Waals surface area contributed by atoms with Crippen molar-refractivity contribution in [2.75, 3.05) is 6.54 Å². The number of carboxylic acid groups (broad SMARTS) is 1. The summed E-state index contributed by atoms with van der Waals surface area (Å²) in [5.74, 6) is -3.17. The summed E-state index contributed by atoms with van der Waals surface area (Å²) in [6.45, 7) is 2.91. The third-order valence-corrected chi connectivity index (χ3v) is 4.93. The van der Waals surface area contributed by atoms with Crippen molar-refractivity contribution < 1.29 is 27.1 Å². The van der Waals surface area contributed by atoms with Gasteiger partial charge in [0, 0.05) is 12.6 Å². The molecule has 0 heterocycles. The Morgan fingerprint density at radius 2 is 1.67 bits per heavy atom. The second-order valence-corrected chi connectivity index (χ2v) is 6.49. The van der Waals surface area contributed by atoms with E-state index in [1.54, 1.807) is 13.8 Å². The lowest BCUT2D eigenvalue weighted by Gasteiger charge is -2.26. The first kappa shape index (κ1) is 17.5. The van der Waals surface area contributed by atoms with Crippen LogP contribution in [0.3, 0.4) is 0 Å². The average Bonchev–Trinajstić information content (AvgIpc) is 2.39.